The van der Waals surface area contributed by atoms with Gasteiger partial charge in [0.05, 0.1) is 13.2 Å². The van der Waals surface area contributed by atoms with Crippen LogP contribution in [0.5, 0.6) is 5.75 Å². The summed E-state index contributed by atoms with van der Waals surface area (Å²) in [7, 11) is 0. The molecule has 2 aliphatic heterocycles. The normalized spacial score (nSPS) is 20.7. The van der Waals surface area contributed by atoms with Crippen LogP contribution in [-0.4, -0.2) is 52.3 Å². The molecule has 0 bridgehead atoms. The van der Waals surface area contributed by atoms with Gasteiger partial charge >= 0.3 is 0 Å². The minimum atomic E-state index is -0.501. The Kier molecular flexibility index (Phi) is 4.93. The first-order valence-electron chi connectivity index (χ1n) is 11.0. The number of piperazine rings is 1. The number of hydrogen-bond donors (Lipinski definition) is 1. The van der Waals surface area contributed by atoms with Crippen molar-refractivity contribution in [2.45, 2.75) is 38.8 Å². The van der Waals surface area contributed by atoms with Gasteiger partial charge in [-0.2, -0.15) is 0 Å². The zero-order valence-corrected chi connectivity index (χ0v) is 17.9. The van der Waals surface area contributed by atoms with E-state index in [0.29, 0.717) is 19.6 Å². The van der Waals surface area contributed by atoms with Crippen molar-refractivity contribution < 1.29 is 14.3 Å². The number of carbonyl (C=O) groups excluding carboxylic acids is 2. The zero-order chi connectivity index (χ0) is 21.5. The molecule has 160 valence electrons. The lowest BCUT2D eigenvalue weighted by molar-refractivity contribution is -0.158. The van der Waals surface area contributed by atoms with Crippen LogP contribution in [0.15, 0.2) is 48.5 Å². The SMILES string of the molecule is CCCN1CC(=O)N2[C@H](c3ccccc3OCC)c3[nH]c4ccccc4c3C[C@H]2C1=O. The molecule has 1 N–H and O–H groups in total. The van der Waals surface area contributed by atoms with E-state index in [9.17, 15) is 9.59 Å². The Balaban J connectivity index is 1.72. The van der Waals surface area contributed by atoms with Crippen LogP contribution in [-0.2, 0) is 16.0 Å². The molecule has 1 aromatic heterocycles. The second kappa shape index (κ2) is 7.76. The molecule has 0 radical (unpaired) electrons. The first-order chi connectivity index (χ1) is 15.1. The van der Waals surface area contributed by atoms with Crippen molar-refractivity contribution in [2.75, 3.05) is 19.7 Å². The number of nitrogens with zero attached hydrogens (tertiary/aromatic N) is 2. The van der Waals surface area contributed by atoms with Crippen LogP contribution in [0.1, 0.15) is 43.1 Å². The third-order valence-electron chi connectivity index (χ3n) is 6.35. The molecule has 3 heterocycles. The molecule has 2 aromatic carbocycles. The van der Waals surface area contributed by atoms with Crippen LogP contribution >= 0.6 is 0 Å². The molecule has 2 amide bonds. The Labute approximate surface area is 181 Å². The summed E-state index contributed by atoms with van der Waals surface area (Å²) in [5.41, 5.74) is 4.03. The van der Waals surface area contributed by atoms with E-state index in [1.54, 1.807) is 9.80 Å². The molecule has 0 saturated carbocycles. The summed E-state index contributed by atoms with van der Waals surface area (Å²) < 4.78 is 5.93. The van der Waals surface area contributed by atoms with Gasteiger partial charge in [0.2, 0.25) is 11.8 Å². The van der Waals surface area contributed by atoms with Crippen LogP contribution in [0.4, 0.5) is 0 Å². The number of fused-ring (bicyclic) bond motifs is 4. The number of rotatable bonds is 5. The number of H-pyrrole nitrogens is 1. The minimum Gasteiger partial charge on any atom is -0.494 e. The second-order valence-corrected chi connectivity index (χ2v) is 8.22. The highest BCUT2D eigenvalue weighted by Crippen LogP contribution is 2.44. The van der Waals surface area contributed by atoms with Crippen molar-refractivity contribution in [3.63, 3.8) is 0 Å². The van der Waals surface area contributed by atoms with Crippen LogP contribution in [0, 0.1) is 0 Å². The first kappa shape index (κ1) is 19.7. The molecular weight excluding hydrogens is 390 g/mol. The summed E-state index contributed by atoms with van der Waals surface area (Å²) in [4.78, 5) is 33.9. The maximum absolute atomic E-state index is 13.4. The smallest absolute Gasteiger partial charge is 0.246 e. The predicted octanol–water partition coefficient (Wildman–Crippen LogP) is 3.66. The molecule has 0 spiro atoms. The van der Waals surface area contributed by atoms with Crippen LogP contribution in [0.3, 0.4) is 0 Å². The fourth-order valence-corrected chi connectivity index (χ4v) is 5.10. The Morgan fingerprint density at radius 1 is 1.06 bits per heavy atom. The Hall–Kier alpha value is -3.28. The average Bonchev–Trinajstić information content (AvgIpc) is 3.15. The van der Waals surface area contributed by atoms with Crippen molar-refractivity contribution in [3.8, 4) is 5.75 Å². The average molecular weight is 418 g/mol. The summed E-state index contributed by atoms with van der Waals surface area (Å²) in [6, 6.07) is 15.1. The van der Waals surface area contributed by atoms with Crippen molar-refractivity contribution >= 4 is 22.7 Å². The van der Waals surface area contributed by atoms with E-state index in [4.69, 9.17) is 4.74 Å². The number of amides is 2. The number of aromatic nitrogens is 1. The topological polar surface area (TPSA) is 65.6 Å². The number of hydrogen-bond acceptors (Lipinski definition) is 3. The molecule has 2 atom stereocenters. The first-order valence-corrected chi connectivity index (χ1v) is 11.0. The molecule has 6 nitrogen and oxygen atoms in total. The van der Waals surface area contributed by atoms with Crippen LogP contribution in [0.2, 0.25) is 0 Å². The maximum Gasteiger partial charge on any atom is 0.246 e. The quantitative estimate of drug-likeness (QED) is 0.689. The van der Waals surface area contributed by atoms with Gasteiger partial charge < -0.3 is 19.5 Å². The molecule has 2 aliphatic rings. The molecule has 1 saturated heterocycles. The van der Waals surface area contributed by atoms with Gasteiger partial charge in [-0.25, -0.2) is 0 Å². The molecule has 3 aromatic rings. The van der Waals surface area contributed by atoms with E-state index in [2.05, 4.69) is 11.1 Å². The lowest BCUT2D eigenvalue weighted by Gasteiger charge is -2.47. The van der Waals surface area contributed by atoms with Crippen molar-refractivity contribution in [1.29, 1.82) is 0 Å². The second-order valence-electron chi connectivity index (χ2n) is 8.22. The number of ether oxygens (including phenoxy) is 1. The Morgan fingerprint density at radius 3 is 2.65 bits per heavy atom. The molecule has 1 fully saturated rings. The largest absolute Gasteiger partial charge is 0.494 e. The van der Waals surface area contributed by atoms with Gasteiger partial charge in [0.25, 0.3) is 0 Å². The number of para-hydroxylation sites is 2. The molecular formula is C25H27N3O3. The highest BCUT2D eigenvalue weighted by molar-refractivity contribution is 5.97. The summed E-state index contributed by atoms with van der Waals surface area (Å²) in [6.07, 6.45) is 1.36. The third-order valence-corrected chi connectivity index (χ3v) is 6.35. The summed E-state index contributed by atoms with van der Waals surface area (Å²) in [5.74, 6) is 0.770. The standard InChI is InChI=1S/C25H27N3O3/c1-3-13-27-15-22(29)28-20(25(27)30)14-18-16-9-5-7-11-19(16)26-23(18)24(28)17-10-6-8-12-21(17)31-4-2/h5-12,20,24,26H,3-4,13-15H2,1-2H3/t20-,24+/m0/s1. The monoisotopic (exact) mass is 417 g/mol. The summed E-state index contributed by atoms with van der Waals surface area (Å²) in [5, 5.41) is 1.11. The van der Waals surface area contributed by atoms with E-state index in [1.807, 2.05) is 56.3 Å². The van der Waals surface area contributed by atoms with Crippen LogP contribution < -0.4 is 4.74 Å². The minimum absolute atomic E-state index is 0.0151. The van der Waals surface area contributed by atoms with Gasteiger partial charge in [-0.3, -0.25) is 9.59 Å². The summed E-state index contributed by atoms with van der Waals surface area (Å²) >= 11 is 0. The molecule has 0 aliphatic carbocycles. The van der Waals surface area contributed by atoms with E-state index < -0.39 is 6.04 Å². The van der Waals surface area contributed by atoms with E-state index >= 15 is 0 Å². The van der Waals surface area contributed by atoms with Gasteiger partial charge in [0, 0.05) is 35.1 Å². The van der Waals surface area contributed by atoms with Crippen molar-refractivity contribution in [3.05, 3.63) is 65.4 Å². The number of carbonyl (C=O) groups is 2. The lowest BCUT2D eigenvalue weighted by atomic mass is 9.86. The predicted molar refractivity (Wildman–Crippen MR) is 119 cm³/mol. The Morgan fingerprint density at radius 2 is 1.84 bits per heavy atom. The molecule has 0 unspecified atom stereocenters. The lowest BCUT2D eigenvalue weighted by Crippen LogP contribution is -2.63. The number of aromatic amines is 1. The fraction of sp³-hybridized carbons (Fsp3) is 0.360. The van der Waals surface area contributed by atoms with Gasteiger partial charge in [0.1, 0.15) is 17.8 Å². The van der Waals surface area contributed by atoms with E-state index in [-0.39, 0.29) is 24.4 Å². The van der Waals surface area contributed by atoms with Crippen LogP contribution in [0.25, 0.3) is 10.9 Å². The van der Waals surface area contributed by atoms with Gasteiger partial charge in [-0.05, 0) is 31.0 Å². The molecule has 31 heavy (non-hydrogen) atoms. The fourth-order valence-electron chi connectivity index (χ4n) is 5.10. The van der Waals surface area contributed by atoms with Crippen molar-refractivity contribution in [2.24, 2.45) is 0 Å². The van der Waals surface area contributed by atoms with Gasteiger partial charge in [0.15, 0.2) is 0 Å². The zero-order valence-electron chi connectivity index (χ0n) is 17.9. The highest BCUT2D eigenvalue weighted by Gasteiger charge is 2.48. The molecule has 5 rings (SSSR count). The highest BCUT2D eigenvalue weighted by atomic mass is 16.5. The van der Waals surface area contributed by atoms with Gasteiger partial charge in [-0.15, -0.1) is 0 Å². The molecule has 6 heteroatoms. The van der Waals surface area contributed by atoms with E-state index in [0.717, 1.165) is 39.9 Å². The van der Waals surface area contributed by atoms with Gasteiger partial charge in [-0.1, -0.05) is 43.3 Å². The number of nitrogens with one attached hydrogen (secondary N) is 1. The summed E-state index contributed by atoms with van der Waals surface area (Å²) in [6.45, 7) is 5.25. The van der Waals surface area contributed by atoms with E-state index in [1.165, 1.54) is 0 Å². The Bertz CT molecular complexity index is 1150. The van der Waals surface area contributed by atoms with Crippen molar-refractivity contribution in [1.82, 2.24) is 14.8 Å². The third kappa shape index (κ3) is 3.09. The maximum atomic E-state index is 13.4. The number of benzene rings is 2.